The van der Waals surface area contributed by atoms with E-state index in [0.717, 1.165) is 10.9 Å². The van der Waals surface area contributed by atoms with Crippen LogP contribution in [0.4, 0.5) is 0 Å². The van der Waals surface area contributed by atoms with Crippen molar-refractivity contribution in [1.82, 2.24) is 15.1 Å². The van der Waals surface area contributed by atoms with E-state index in [0.29, 0.717) is 23.8 Å². The second-order valence-corrected chi connectivity index (χ2v) is 4.75. The summed E-state index contributed by atoms with van der Waals surface area (Å²) >= 11 is 3.30. The highest BCUT2D eigenvalue weighted by Gasteiger charge is 2.12. The van der Waals surface area contributed by atoms with E-state index >= 15 is 0 Å². The maximum absolute atomic E-state index is 11.5. The zero-order chi connectivity index (χ0) is 13.0. The smallest absolute Gasteiger partial charge is 0.234 e. The first-order valence-electron chi connectivity index (χ1n) is 5.65. The molecule has 0 atom stereocenters. The van der Waals surface area contributed by atoms with Gasteiger partial charge in [0.25, 0.3) is 0 Å². The zero-order valence-corrected chi connectivity index (χ0v) is 11.5. The Morgan fingerprint density at radius 1 is 1.44 bits per heavy atom. The molecular weight excluding hydrogens is 298 g/mol. The summed E-state index contributed by atoms with van der Waals surface area (Å²) in [5, 5.41) is 3.81. The molecule has 0 fully saturated rings. The van der Waals surface area contributed by atoms with Crippen molar-refractivity contribution in [3.8, 4) is 11.5 Å². The Kier molecular flexibility index (Phi) is 4.19. The summed E-state index contributed by atoms with van der Waals surface area (Å²) in [6.07, 6.45) is 3.22. The van der Waals surface area contributed by atoms with Crippen LogP contribution in [0.1, 0.15) is 25.7 Å². The summed E-state index contributed by atoms with van der Waals surface area (Å²) in [6.45, 7) is 1.96. The lowest BCUT2D eigenvalue weighted by Gasteiger charge is -1.93. The molecule has 6 heteroatoms. The molecule has 2 aromatic heterocycles. The van der Waals surface area contributed by atoms with Crippen LogP contribution >= 0.6 is 15.9 Å². The van der Waals surface area contributed by atoms with E-state index < -0.39 is 0 Å². The molecule has 0 spiro atoms. The third-order valence-corrected chi connectivity index (χ3v) is 2.77. The summed E-state index contributed by atoms with van der Waals surface area (Å²) in [5.74, 6) is 0.853. The van der Waals surface area contributed by atoms with Crippen molar-refractivity contribution < 1.29 is 9.32 Å². The molecule has 2 heterocycles. The molecule has 0 amide bonds. The Hall–Kier alpha value is -1.56. The first-order chi connectivity index (χ1) is 8.69. The molecule has 2 rings (SSSR count). The average molecular weight is 310 g/mol. The lowest BCUT2D eigenvalue weighted by Crippen LogP contribution is -2.01. The van der Waals surface area contributed by atoms with E-state index in [4.69, 9.17) is 4.52 Å². The Bertz CT molecular complexity index is 537. The van der Waals surface area contributed by atoms with Crippen molar-refractivity contribution in [2.45, 2.75) is 26.2 Å². The third-order valence-electron chi connectivity index (χ3n) is 2.30. The molecular formula is C12H12BrN3O2. The number of Topliss-reactive ketones (excluding diaryl/α,β-unsaturated/α-hetero) is 1. The van der Waals surface area contributed by atoms with Gasteiger partial charge in [-0.05, 0) is 34.5 Å². The maximum Gasteiger partial charge on any atom is 0.234 e. The van der Waals surface area contributed by atoms with Gasteiger partial charge in [0.15, 0.2) is 0 Å². The van der Waals surface area contributed by atoms with Crippen LogP contribution in [0, 0.1) is 0 Å². The standard InChI is InChI=1S/C12H12BrN3O2/c1-2-3-9(17)6-11-15-12(16-18-11)10-5-4-8(13)7-14-10/h4-5,7H,2-3,6H2,1H3. The molecule has 0 unspecified atom stereocenters. The number of carbonyl (C=O) groups is 1. The molecule has 0 bridgehead atoms. The van der Waals surface area contributed by atoms with Crippen molar-refractivity contribution in [3.63, 3.8) is 0 Å². The number of pyridine rings is 1. The van der Waals surface area contributed by atoms with Gasteiger partial charge >= 0.3 is 0 Å². The predicted octanol–water partition coefficient (Wildman–Crippen LogP) is 2.81. The molecule has 94 valence electrons. The fourth-order valence-electron chi connectivity index (χ4n) is 1.47. The van der Waals surface area contributed by atoms with Gasteiger partial charge in [-0.25, -0.2) is 0 Å². The van der Waals surface area contributed by atoms with Gasteiger partial charge in [0, 0.05) is 17.1 Å². The highest BCUT2D eigenvalue weighted by Crippen LogP contribution is 2.16. The second-order valence-electron chi connectivity index (χ2n) is 3.84. The maximum atomic E-state index is 11.5. The minimum absolute atomic E-state index is 0.108. The Morgan fingerprint density at radius 2 is 2.28 bits per heavy atom. The van der Waals surface area contributed by atoms with Crippen LogP contribution in [-0.4, -0.2) is 20.9 Å². The Morgan fingerprint density at radius 3 is 2.94 bits per heavy atom. The van der Waals surface area contributed by atoms with E-state index in [1.165, 1.54) is 0 Å². The van der Waals surface area contributed by atoms with Crippen LogP contribution < -0.4 is 0 Å². The number of aromatic nitrogens is 3. The highest BCUT2D eigenvalue weighted by atomic mass is 79.9. The van der Waals surface area contributed by atoms with Gasteiger partial charge in [-0.1, -0.05) is 12.1 Å². The number of nitrogens with zero attached hydrogens (tertiary/aromatic N) is 3. The molecule has 5 nitrogen and oxygen atoms in total. The van der Waals surface area contributed by atoms with Gasteiger partial charge in [-0.2, -0.15) is 4.98 Å². The first-order valence-corrected chi connectivity index (χ1v) is 6.44. The van der Waals surface area contributed by atoms with Crippen molar-refractivity contribution in [3.05, 3.63) is 28.7 Å². The van der Waals surface area contributed by atoms with E-state index in [1.807, 2.05) is 13.0 Å². The SMILES string of the molecule is CCCC(=O)Cc1nc(-c2ccc(Br)cn2)no1. The molecule has 0 N–H and O–H groups in total. The average Bonchev–Trinajstić information content (AvgIpc) is 2.78. The normalized spacial score (nSPS) is 10.6. The fourth-order valence-corrected chi connectivity index (χ4v) is 1.71. The monoisotopic (exact) mass is 309 g/mol. The van der Waals surface area contributed by atoms with E-state index in [1.54, 1.807) is 12.3 Å². The van der Waals surface area contributed by atoms with Crippen molar-refractivity contribution in [1.29, 1.82) is 0 Å². The minimum Gasteiger partial charge on any atom is -0.338 e. The Balaban J connectivity index is 2.10. The molecule has 0 aliphatic carbocycles. The van der Waals surface area contributed by atoms with Crippen molar-refractivity contribution in [2.75, 3.05) is 0 Å². The van der Waals surface area contributed by atoms with Gasteiger partial charge in [-0.15, -0.1) is 0 Å². The van der Waals surface area contributed by atoms with Gasteiger partial charge in [0.05, 0.1) is 6.42 Å². The van der Waals surface area contributed by atoms with E-state index in [9.17, 15) is 4.79 Å². The molecule has 0 saturated carbocycles. The summed E-state index contributed by atoms with van der Waals surface area (Å²) in [5.41, 5.74) is 0.621. The Labute approximate surface area is 113 Å². The third kappa shape index (κ3) is 3.22. The molecule has 0 saturated heterocycles. The molecule has 2 aromatic rings. The number of halogens is 1. The van der Waals surface area contributed by atoms with Gasteiger partial charge in [0.1, 0.15) is 11.5 Å². The number of ketones is 1. The fraction of sp³-hybridized carbons (Fsp3) is 0.333. The number of hydrogen-bond acceptors (Lipinski definition) is 5. The number of hydrogen-bond donors (Lipinski definition) is 0. The lowest BCUT2D eigenvalue weighted by molar-refractivity contribution is -0.118. The molecule has 0 aliphatic heterocycles. The van der Waals surface area contributed by atoms with Crippen molar-refractivity contribution in [2.24, 2.45) is 0 Å². The van der Waals surface area contributed by atoms with Crippen LogP contribution in [-0.2, 0) is 11.2 Å². The lowest BCUT2D eigenvalue weighted by atomic mass is 10.2. The molecule has 18 heavy (non-hydrogen) atoms. The molecule has 0 radical (unpaired) electrons. The number of rotatable bonds is 5. The largest absolute Gasteiger partial charge is 0.338 e. The quantitative estimate of drug-likeness (QED) is 0.849. The van der Waals surface area contributed by atoms with E-state index in [2.05, 4.69) is 31.1 Å². The van der Waals surface area contributed by atoms with Crippen LogP contribution in [0.3, 0.4) is 0 Å². The summed E-state index contributed by atoms with van der Waals surface area (Å²) in [7, 11) is 0. The summed E-state index contributed by atoms with van der Waals surface area (Å²) in [6, 6.07) is 3.63. The van der Waals surface area contributed by atoms with E-state index in [-0.39, 0.29) is 12.2 Å². The highest BCUT2D eigenvalue weighted by molar-refractivity contribution is 9.10. The van der Waals surface area contributed by atoms with Crippen LogP contribution in [0.15, 0.2) is 27.3 Å². The van der Waals surface area contributed by atoms with Crippen molar-refractivity contribution >= 4 is 21.7 Å². The first kappa shape index (κ1) is 12.9. The van der Waals surface area contributed by atoms with Crippen LogP contribution in [0.2, 0.25) is 0 Å². The summed E-state index contributed by atoms with van der Waals surface area (Å²) in [4.78, 5) is 19.8. The topological polar surface area (TPSA) is 68.9 Å². The predicted molar refractivity (Wildman–Crippen MR) is 68.8 cm³/mol. The number of carbonyl (C=O) groups excluding carboxylic acids is 1. The van der Waals surface area contributed by atoms with Crippen LogP contribution in [0.5, 0.6) is 0 Å². The molecule has 0 aliphatic rings. The molecule has 0 aromatic carbocycles. The summed E-state index contributed by atoms with van der Waals surface area (Å²) < 4.78 is 5.92. The minimum atomic E-state index is 0.108. The van der Waals surface area contributed by atoms with Crippen LogP contribution in [0.25, 0.3) is 11.5 Å². The zero-order valence-electron chi connectivity index (χ0n) is 9.89. The second kappa shape index (κ2) is 5.86. The van der Waals surface area contributed by atoms with Gasteiger partial charge < -0.3 is 4.52 Å². The van der Waals surface area contributed by atoms with Gasteiger partial charge in [0.2, 0.25) is 11.7 Å². The van der Waals surface area contributed by atoms with Gasteiger partial charge in [-0.3, -0.25) is 9.78 Å².